The number of carbonyl (C=O) groups excluding carboxylic acids is 1. The van der Waals surface area contributed by atoms with Crippen LogP contribution in [-0.4, -0.2) is 24.1 Å². The number of hydrogen-bond acceptors (Lipinski definition) is 3. The highest BCUT2D eigenvalue weighted by molar-refractivity contribution is 5.77. The second-order valence-electron chi connectivity index (χ2n) is 3.59. The molecule has 5 nitrogen and oxygen atoms in total. The van der Waals surface area contributed by atoms with E-state index in [1.165, 1.54) is 0 Å². The first kappa shape index (κ1) is 12.3. The van der Waals surface area contributed by atoms with Crippen molar-refractivity contribution in [2.45, 2.75) is 13.5 Å². The minimum Gasteiger partial charge on any atom is -0.358 e. The monoisotopic (exact) mass is 220 g/mol. The lowest BCUT2D eigenvalue weighted by Crippen LogP contribution is -2.31. The molecule has 16 heavy (non-hydrogen) atoms. The number of likely N-dealkylation sites (N-methyl/N-ethyl adjacent to an activating group) is 1. The average molecular weight is 220 g/mol. The van der Waals surface area contributed by atoms with Gasteiger partial charge in [-0.15, -0.1) is 0 Å². The van der Waals surface area contributed by atoms with E-state index in [-0.39, 0.29) is 12.5 Å². The van der Waals surface area contributed by atoms with Gasteiger partial charge in [0.2, 0.25) is 5.91 Å². The highest BCUT2D eigenvalue weighted by Gasteiger charge is 2.08. The molecule has 1 amide bonds. The average Bonchev–Trinajstić information content (AvgIpc) is 2.56. The first-order valence-electron chi connectivity index (χ1n) is 5.06. The van der Waals surface area contributed by atoms with E-state index in [0.717, 1.165) is 11.3 Å². The molecule has 5 heteroatoms. The Morgan fingerprint density at radius 1 is 1.62 bits per heavy atom. The standard InChI is InChI=1S/C11H16N4O/c1-8-9(4-10(5-12)15(8)3)6-14-7-11(16)13-2/h4,14H,6-7H2,1-3H3,(H,13,16). The molecule has 1 heterocycles. The zero-order chi connectivity index (χ0) is 12.1. The van der Waals surface area contributed by atoms with E-state index >= 15 is 0 Å². The van der Waals surface area contributed by atoms with Crippen molar-refractivity contribution in [2.24, 2.45) is 7.05 Å². The molecule has 0 aliphatic heterocycles. The normalized spacial score (nSPS) is 9.88. The molecule has 2 N–H and O–H groups in total. The van der Waals surface area contributed by atoms with E-state index in [1.807, 2.05) is 24.6 Å². The van der Waals surface area contributed by atoms with Crippen LogP contribution in [0.2, 0.25) is 0 Å². The van der Waals surface area contributed by atoms with Crippen molar-refractivity contribution in [1.29, 1.82) is 5.26 Å². The van der Waals surface area contributed by atoms with Crippen LogP contribution < -0.4 is 10.6 Å². The van der Waals surface area contributed by atoms with Crippen molar-refractivity contribution in [1.82, 2.24) is 15.2 Å². The summed E-state index contributed by atoms with van der Waals surface area (Å²) in [6.07, 6.45) is 0. The first-order chi connectivity index (χ1) is 7.60. The van der Waals surface area contributed by atoms with Gasteiger partial charge in [0, 0.05) is 26.3 Å². The molecule has 0 atom stereocenters. The Morgan fingerprint density at radius 3 is 2.81 bits per heavy atom. The molecule has 0 aromatic carbocycles. The van der Waals surface area contributed by atoms with Gasteiger partial charge in [-0.2, -0.15) is 5.26 Å². The van der Waals surface area contributed by atoms with Crippen LogP contribution in [0.3, 0.4) is 0 Å². The van der Waals surface area contributed by atoms with Crippen LogP contribution in [-0.2, 0) is 18.4 Å². The predicted octanol–water partition coefficient (Wildman–Crippen LogP) is 0.0408. The number of amides is 1. The third kappa shape index (κ3) is 2.61. The summed E-state index contributed by atoms with van der Waals surface area (Å²) in [6, 6.07) is 3.96. The van der Waals surface area contributed by atoms with Crippen molar-refractivity contribution in [3.05, 3.63) is 23.0 Å². The Labute approximate surface area is 95.1 Å². The van der Waals surface area contributed by atoms with Gasteiger partial charge in [-0.25, -0.2) is 0 Å². The molecule has 0 bridgehead atoms. The molecular formula is C11H16N4O. The van der Waals surface area contributed by atoms with Crippen LogP contribution >= 0.6 is 0 Å². The summed E-state index contributed by atoms with van der Waals surface area (Å²) < 4.78 is 1.84. The van der Waals surface area contributed by atoms with Crippen molar-refractivity contribution >= 4 is 5.91 Å². The maximum atomic E-state index is 11.0. The van der Waals surface area contributed by atoms with E-state index < -0.39 is 0 Å². The molecule has 0 radical (unpaired) electrons. The lowest BCUT2D eigenvalue weighted by atomic mass is 10.2. The van der Waals surface area contributed by atoms with Crippen LogP contribution in [0.15, 0.2) is 6.07 Å². The highest BCUT2D eigenvalue weighted by Crippen LogP contribution is 2.12. The molecule has 1 rings (SSSR count). The van der Waals surface area contributed by atoms with Crippen LogP contribution in [0.25, 0.3) is 0 Å². The Bertz CT molecular complexity index is 428. The van der Waals surface area contributed by atoms with Gasteiger partial charge in [-0.1, -0.05) is 0 Å². The van der Waals surface area contributed by atoms with Crippen molar-refractivity contribution in [3.63, 3.8) is 0 Å². The molecule has 0 fully saturated rings. The van der Waals surface area contributed by atoms with Gasteiger partial charge >= 0.3 is 0 Å². The molecule has 86 valence electrons. The van der Waals surface area contributed by atoms with E-state index in [1.54, 1.807) is 7.05 Å². The molecule has 0 saturated carbocycles. The van der Waals surface area contributed by atoms with Crippen LogP contribution in [0, 0.1) is 18.3 Å². The zero-order valence-electron chi connectivity index (χ0n) is 9.79. The summed E-state index contributed by atoms with van der Waals surface area (Å²) in [5.41, 5.74) is 2.72. The maximum absolute atomic E-state index is 11.0. The van der Waals surface area contributed by atoms with E-state index in [2.05, 4.69) is 16.7 Å². The number of nitrogens with zero attached hydrogens (tertiary/aromatic N) is 2. The molecule has 0 saturated heterocycles. The van der Waals surface area contributed by atoms with Gasteiger partial charge in [0.15, 0.2) is 0 Å². The largest absolute Gasteiger partial charge is 0.358 e. The number of carbonyl (C=O) groups is 1. The second kappa shape index (κ2) is 5.33. The topological polar surface area (TPSA) is 69.8 Å². The predicted molar refractivity (Wildman–Crippen MR) is 60.6 cm³/mol. The van der Waals surface area contributed by atoms with Gasteiger partial charge in [0.1, 0.15) is 11.8 Å². The van der Waals surface area contributed by atoms with E-state index in [9.17, 15) is 4.79 Å². The first-order valence-corrected chi connectivity index (χ1v) is 5.06. The molecule has 1 aromatic rings. The summed E-state index contributed by atoms with van der Waals surface area (Å²) in [5.74, 6) is -0.0471. The summed E-state index contributed by atoms with van der Waals surface area (Å²) in [5, 5.41) is 14.4. The number of rotatable bonds is 4. The van der Waals surface area contributed by atoms with Crippen molar-refractivity contribution in [2.75, 3.05) is 13.6 Å². The summed E-state index contributed by atoms with van der Waals surface area (Å²) >= 11 is 0. The number of nitrogens with one attached hydrogen (secondary N) is 2. The fraction of sp³-hybridized carbons (Fsp3) is 0.455. The highest BCUT2D eigenvalue weighted by atomic mass is 16.1. The van der Waals surface area contributed by atoms with Gasteiger partial charge in [0.05, 0.1) is 6.54 Å². The number of hydrogen-bond donors (Lipinski definition) is 2. The third-order valence-corrected chi connectivity index (χ3v) is 2.63. The van der Waals surface area contributed by atoms with E-state index in [0.29, 0.717) is 12.2 Å². The van der Waals surface area contributed by atoms with Crippen LogP contribution in [0.1, 0.15) is 17.0 Å². The SMILES string of the molecule is CNC(=O)CNCc1cc(C#N)n(C)c1C. The minimum atomic E-state index is -0.0471. The smallest absolute Gasteiger partial charge is 0.233 e. The summed E-state index contributed by atoms with van der Waals surface area (Å²) in [6.45, 7) is 2.83. The van der Waals surface area contributed by atoms with Crippen LogP contribution in [0.5, 0.6) is 0 Å². The third-order valence-electron chi connectivity index (χ3n) is 2.63. The fourth-order valence-corrected chi connectivity index (χ4v) is 1.45. The number of nitriles is 1. The van der Waals surface area contributed by atoms with Crippen molar-refractivity contribution < 1.29 is 4.79 Å². The van der Waals surface area contributed by atoms with Gasteiger partial charge in [-0.05, 0) is 18.6 Å². The molecule has 0 aliphatic rings. The Kier molecular flexibility index (Phi) is 4.09. The number of aromatic nitrogens is 1. The quantitative estimate of drug-likeness (QED) is 0.752. The summed E-state index contributed by atoms with van der Waals surface area (Å²) in [4.78, 5) is 11.0. The maximum Gasteiger partial charge on any atom is 0.233 e. The van der Waals surface area contributed by atoms with E-state index in [4.69, 9.17) is 5.26 Å². The Hall–Kier alpha value is -1.80. The Balaban J connectivity index is 2.62. The van der Waals surface area contributed by atoms with Gasteiger partial charge in [-0.3, -0.25) is 4.79 Å². The molecule has 0 unspecified atom stereocenters. The second-order valence-corrected chi connectivity index (χ2v) is 3.59. The van der Waals surface area contributed by atoms with Gasteiger partial charge < -0.3 is 15.2 Å². The summed E-state index contributed by atoms with van der Waals surface area (Å²) in [7, 11) is 3.46. The molecule has 0 spiro atoms. The lowest BCUT2D eigenvalue weighted by molar-refractivity contribution is -0.119. The molecule has 0 aliphatic carbocycles. The molecular weight excluding hydrogens is 204 g/mol. The fourth-order valence-electron chi connectivity index (χ4n) is 1.45. The lowest BCUT2D eigenvalue weighted by Gasteiger charge is -2.04. The zero-order valence-corrected chi connectivity index (χ0v) is 9.79. The minimum absolute atomic E-state index is 0.0471. The van der Waals surface area contributed by atoms with Gasteiger partial charge in [0.25, 0.3) is 0 Å². The van der Waals surface area contributed by atoms with Crippen molar-refractivity contribution in [3.8, 4) is 6.07 Å². The van der Waals surface area contributed by atoms with Crippen LogP contribution in [0.4, 0.5) is 0 Å². The molecule has 1 aromatic heterocycles. The Morgan fingerprint density at radius 2 is 2.31 bits per heavy atom.